The van der Waals surface area contributed by atoms with Crippen molar-refractivity contribution in [2.24, 2.45) is 5.92 Å². The smallest absolute Gasteiger partial charge is 0.123 e. The van der Waals surface area contributed by atoms with Gasteiger partial charge in [0.15, 0.2) is 0 Å². The fourth-order valence-electron chi connectivity index (χ4n) is 11.7. The molecular weight excluding hydrogens is 921 g/mol. The number of phenols is 2. The number of hydrogen-bond donors (Lipinski definition) is 2. The zero-order chi connectivity index (χ0) is 55.9. The Hall–Kier alpha value is -5.08. The maximum Gasteiger partial charge on any atom is 0.123 e. The molecule has 2 heteroatoms. The van der Waals surface area contributed by atoms with Crippen LogP contribution in [0.4, 0.5) is 0 Å². The normalized spacial score (nSPS) is 15.9. The summed E-state index contributed by atoms with van der Waals surface area (Å²) < 4.78 is 0. The molecule has 6 aromatic carbocycles. The van der Waals surface area contributed by atoms with E-state index < -0.39 is 0 Å². The van der Waals surface area contributed by atoms with E-state index in [1.54, 1.807) is 0 Å². The fraction of sp³-hybridized carbons (Fsp3) is 0.514. The predicted molar refractivity (Wildman–Crippen MR) is 330 cm³/mol. The first-order valence-corrected chi connectivity index (χ1v) is 29.4. The van der Waals surface area contributed by atoms with E-state index in [0.717, 1.165) is 40.0 Å². The van der Waals surface area contributed by atoms with Crippen LogP contribution < -0.4 is 0 Å². The van der Waals surface area contributed by atoms with Gasteiger partial charge < -0.3 is 10.2 Å². The van der Waals surface area contributed by atoms with E-state index in [1.165, 1.54) is 131 Å². The number of phenolic OH excluding ortho intramolecular Hbond substituents is 2. The number of aromatic hydroxyl groups is 2. The Kier molecular flexibility index (Phi) is 17.2. The molecule has 0 spiro atoms. The summed E-state index contributed by atoms with van der Waals surface area (Å²) in [4.78, 5) is 0. The first kappa shape index (κ1) is 58.6. The third-order valence-corrected chi connectivity index (χ3v) is 16.9. The third kappa shape index (κ3) is 14.3. The SMILES string of the molecule is CC(C)(C)c1cc(-c2ccc(C3CCC3)cc2)cc(C(C)(C)C)c1O.CC(C)(C)c1cc(-c2ccc(C3CCCC3)cc2)cc(C(C)(C)C)c1O.Cc1c(C(C)(C)C)cc(-c2ccc(CC3CC3)cc2)cc1C(C)(C)C. The lowest BCUT2D eigenvalue weighted by Crippen LogP contribution is -2.19. The number of benzene rings is 6. The van der Waals surface area contributed by atoms with Crippen LogP contribution in [0.3, 0.4) is 0 Å². The molecule has 3 aliphatic carbocycles. The van der Waals surface area contributed by atoms with Crippen molar-refractivity contribution in [3.05, 3.63) is 165 Å². The molecule has 0 amide bonds. The highest BCUT2D eigenvalue weighted by Crippen LogP contribution is 2.46. The average molecular weight is 1020 g/mol. The Bertz CT molecular complexity index is 2800. The van der Waals surface area contributed by atoms with Gasteiger partial charge in [0.1, 0.15) is 11.5 Å². The lowest BCUT2D eigenvalue weighted by molar-refractivity contribution is 0.420. The van der Waals surface area contributed by atoms with Gasteiger partial charge in [0.05, 0.1) is 0 Å². The first-order chi connectivity index (χ1) is 35.2. The van der Waals surface area contributed by atoms with E-state index >= 15 is 0 Å². The molecule has 0 aliphatic heterocycles. The van der Waals surface area contributed by atoms with Crippen molar-refractivity contribution in [3.8, 4) is 44.9 Å². The van der Waals surface area contributed by atoms with Crippen LogP contribution in [0, 0.1) is 12.8 Å². The minimum Gasteiger partial charge on any atom is -0.507 e. The van der Waals surface area contributed by atoms with Gasteiger partial charge in [-0.05, 0) is 193 Å². The van der Waals surface area contributed by atoms with Crippen LogP contribution in [0.5, 0.6) is 11.5 Å². The van der Waals surface area contributed by atoms with Gasteiger partial charge in [-0.1, -0.05) is 229 Å². The van der Waals surface area contributed by atoms with E-state index in [0.29, 0.717) is 11.5 Å². The second kappa shape index (κ2) is 22.3. The fourth-order valence-corrected chi connectivity index (χ4v) is 11.7. The summed E-state index contributed by atoms with van der Waals surface area (Å²) in [7, 11) is 0. The molecular formula is C74H100O2. The molecule has 0 saturated heterocycles. The van der Waals surface area contributed by atoms with Crippen LogP contribution in [-0.4, -0.2) is 10.2 Å². The molecule has 0 aromatic heterocycles. The minimum atomic E-state index is -0.0934. The van der Waals surface area contributed by atoms with Crippen LogP contribution >= 0.6 is 0 Å². The van der Waals surface area contributed by atoms with Gasteiger partial charge in [-0.3, -0.25) is 0 Å². The van der Waals surface area contributed by atoms with Crippen molar-refractivity contribution in [1.82, 2.24) is 0 Å². The Morgan fingerprint density at radius 1 is 0.329 bits per heavy atom. The third-order valence-electron chi connectivity index (χ3n) is 16.9. The summed E-state index contributed by atoms with van der Waals surface area (Å²) >= 11 is 0. The standard InChI is InChI=1S/C25H34O.C25H34.C24H32O/c1-24(2,3)21-15-20(16-22(23(21)26)25(4,5)6)19-13-11-18(12-14-19)17-9-7-8-10-17;1-17-22(24(2,3)4)15-21(16-23(17)25(5,6)7)20-12-10-19(11-13-20)14-18-8-9-18;1-23(2,3)20-14-19(15-21(22(20)25)24(4,5)6)18-12-10-17(11-13-18)16-8-7-9-16/h11-17,26H,7-10H2,1-6H3;10-13,15-16,18H,8-9,14H2,1-7H3;10-16,25H,7-9H2,1-6H3. The summed E-state index contributed by atoms with van der Waals surface area (Å²) in [6.07, 6.45) is 13.5. The van der Waals surface area contributed by atoms with E-state index in [2.05, 4.69) is 241 Å². The molecule has 2 N–H and O–H groups in total. The minimum absolute atomic E-state index is 0.0913. The monoisotopic (exact) mass is 1020 g/mol. The molecule has 3 saturated carbocycles. The molecule has 408 valence electrons. The molecule has 76 heavy (non-hydrogen) atoms. The van der Waals surface area contributed by atoms with Gasteiger partial charge in [0.2, 0.25) is 0 Å². The van der Waals surface area contributed by atoms with Crippen molar-refractivity contribution >= 4 is 0 Å². The topological polar surface area (TPSA) is 40.5 Å². The molecule has 0 bridgehead atoms. The van der Waals surface area contributed by atoms with Gasteiger partial charge >= 0.3 is 0 Å². The zero-order valence-corrected chi connectivity index (χ0v) is 51.1. The van der Waals surface area contributed by atoms with Crippen LogP contribution in [0.2, 0.25) is 0 Å². The summed E-state index contributed by atoms with van der Waals surface area (Å²) in [6, 6.07) is 41.1. The Morgan fingerprint density at radius 2 is 0.592 bits per heavy atom. The second-order valence-corrected chi connectivity index (χ2v) is 29.7. The van der Waals surface area contributed by atoms with Crippen molar-refractivity contribution in [3.63, 3.8) is 0 Å². The van der Waals surface area contributed by atoms with Gasteiger partial charge in [0.25, 0.3) is 0 Å². The summed E-state index contributed by atoms with van der Waals surface area (Å²) in [5.74, 6) is 3.37. The highest BCUT2D eigenvalue weighted by atomic mass is 16.3. The molecule has 2 nitrogen and oxygen atoms in total. The summed E-state index contributed by atoms with van der Waals surface area (Å²) in [6.45, 7) is 42.2. The molecule has 3 aliphatic rings. The van der Waals surface area contributed by atoms with Crippen molar-refractivity contribution in [2.75, 3.05) is 0 Å². The first-order valence-electron chi connectivity index (χ1n) is 29.4. The van der Waals surface area contributed by atoms with E-state index in [9.17, 15) is 10.2 Å². The maximum absolute atomic E-state index is 10.9. The molecule has 0 unspecified atom stereocenters. The molecule has 0 radical (unpaired) electrons. The predicted octanol–water partition coefficient (Wildman–Crippen LogP) is 21.4. The van der Waals surface area contributed by atoms with E-state index in [-0.39, 0.29) is 32.5 Å². The van der Waals surface area contributed by atoms with Crippen LogP contribution in [0.1, 0.15) is 250 Å². The zero-order valence-electron chi connectivity index (χ0n) is 51.1. The molecule has 3 fully saturated rings. The molecule has 0 atom stereocenters. The Morgan fingerprint density at radius 3 is 0.842 bits per heavy atom. The summed E-state index contributed by atoms with van der Waals surface area (Å²) in [5.41, 5.74) is 20.5. The second-order valence-electron chi connectivity index (χ2n) is 29.7. The van der Waals surface area contributed by atoms with Crippen LogP contribution in [0.25, 0.3) is 33.4 Å². The van der Waals surface area contributed by atoms with Gasteiger partial charge in [-0.2, -0.15) is 0 Å². The largest absolute Gasteiger partial charge is 0.507 e. The highest BCUT2D eigenvalue weighted by Gasteiger charge is 2.30. The summed E-state index contributed by atoms with van der Waals surface area (Å²) in [5, 5.41) is 21.8. The lowest BCUT2D eigenvalue weighted by Gasteiger charge is -2.30. The number of rotatable bonds is 7. The van der Waals surface area contributed by atoms with Gasteiger partial charge in [-0.15, -0.1) is 0 Å². The van der Waals surface area contributed by atoms with Crippen LogP contribution in [-0.2, 0) is 38.9 Å². The Balaban J connectivity index is 0.000000166. The maximum atomic E-state index is 10.9. The Labute approximate surface area is 463 Å². The average Bonchev–Trinajstić information content (AvgIpc) is 3.95. The van der Waals surface area contributed by atoms with Crippen molar-refractivity contribution < 1.29 is 10.2 Å². The van der Waals surface area contributed by atoms with E-state index in [1.807, 2.05) is 0 Å². The van der Waals surface area contributed by atoms with Gasteiger partial charge in [-0.25, -0.2) is 0 Å². The molecule has 9 rings (SSSR count). The quantitative estimate of drug-likeness (QED) is 0.167. The van der Waals surface area contributed by atoms with Crippen molar-refractivity contribution in [1.29, 1.82) is 0 Å². The highest BCUT2D eigenvalue weighted by molar-refractivity contribution is 5.71. The molecule has 6 aromatic rings. The van der Waals surface area contributed by atoms with Gasteiger partial charge in [0, 0.05) is 22.3 Å². The van der Waals surface area contributed by atoms with Crippen LogP contribution in [0.15, 0.2) is 109 Å². The number of hydrogen-bond acceptors (Lipinski definition) is 2. The van der Waals surface area contributed by atoms with E-state index in [4.69, 9.17) is 0 Å². The lowest BCUT2D eigenvalue weighted by atomic mass is 9.75. The van der Waals surface area contributed by atoms with Crippen molar-refractivity contribution in [2.45, 2.75) is 240 Å². The molecule has 0 heterocycles.